The number of nitro groups is 1. The molecule has 0 spiro atoms. The summed E-state index contributed by atoms with van der Waals surface area (Å²) in [6, 6.07) is 7.01. The summed E-state index contributed by atoms with van der Waals surface area (Å²) in [7, 11) is 0. The van der Waals surface area contributed by atoms with Gasteiger partial charge >= 0.3 is 5.69 Å². The van der Waals surface area contributed by atoms with Crippen molar-refractivity contribution < 1.29 is 9.72 Å². The summed E-state index contributed by atoms with van der Waals surface area (Å²) in [6.07, 6.45) is 2.40. The Morgan fingerprint density at radius 1 is 1.35 bits per heavy atom. The maximum absolute atomic E-state index is 12.2. The second-order valence-electron chi connectivity index (χ2n) is 4.58. The Morgan fingerprint density at radius 3 is 2.55 bits per heavy atom. The van der Waals surface area contributed by atoms with E-state index in [0.717, 1.165) is 16.7 Å². The van der Waals surface area contributed by atoms with E-state index in [1.807, 2.05) is 26.0 Å². The highest BCUT2D eigenvalue weighted by Crippen LogP contribution is 2.19. The van der Waals surface area contributed by atoms with Crippen LogP contribution in [0, 0.1) is 17.0 Å². The minimum absolute atomic E-state index is 0.104. The van der Waals surface area contributed by atoms with Gasteiger partial charge in [0.1, 0.15) is 11.9 Å². The van der Waals surface area contributed by atoms with E-state index in [1.54, 1.807) is 12.1 Å². The van der Waals surface area contributed by atoms with E-state index in [2.05, 4.69) is 5.10 Å². The fourth-order valence-corrected chi connectivity index (χ4v) is 1.90. The first-order valence-electron chi connectivity index (χ1n) is 6.37. The van der Waals surface area contributed by atoms with Crippen LogP contribution >= 0.6 is 0 Å². The maximum atomic E-state index is 12.2. The van der Waals surface area contributed by atoms with Crippen molar-refractivity contribution in [1.29, 1.82) is 0 Å². The van der Waals surface area contributed by atoms with Gasteiger partial charge in [-0.2, -0.15) is 9.78 Å². The first-order valence-corrected chi connectivity index (χ1v) is 6.37. The van der Waals surface area contributed by atoms with E-state index in [-0.39, 0.29) is 11.6 Å². The Balaban J connectivity index is 2.37. The van der Waals surface area contributed by atoms with Gasteiger partial charge in [0, 0.05) is 5.56 Å². The summed E-state index contributed by atoms with van der Waals surface area (Å²) in [5.74, 6) is -0.365. The topological polar surface area (TPSA) is 78.0 Å². The lowest BCUT2D eigenvalue weighted by atomic mass is 10.1. The number of aromatic nitrogens is 2. The van der Waals surface area contributed by atoms with Crippen molar-refractivity contribution >= 4 is 11.6 Å². The van der Waals surface area contributed by atoms with Crippen molar-refractivity contribution in [2.75, 3.05) is 0 Å². The second-order valence-corrected chi connectivity index (χ2v) is 4.58. The third-order valence-electron chi connectivity index (χ3n) is 2.96. The number of rotatable bonds is 4. The number of hydrogen-bond donors (Lipinski definition) is 0. The van der Waals surface area contributed by atoms with Gasteiger partial charge in [-0.3, -0.25) is 14.9 Å². The molecule has 0 fully saturated rings. The molecule has 1 aromatic heterocycles. The van der Waals surface area contributed by atoms with Crippen molar-refractivity contribution in [2.24, 2.45) is 0 Å². The molecule has 1 aromatic carbocycles. The predicted molar refractivity (Wildman–Crippen MR) is 73.8 cm³/mol. The molecule has 0 saturated carbocycles. The molecule has 0 aliphatic rings. The van der Waals surface area contributed by atoms with Gasteiger partial charge in [-0.15, -0.1) is 0 Å². The van der Waals surface area contributed by atoms with Crippen LogP contribution in [0.5, 0.6) is 0 Å². The van der Waals surface area contributed by atoms with Crippen LogP contribution in [0.3, 0.4) is 0 Å². The SMILES string of the molecule is CCCc1nn(C(=O)c2ccc(C)cc2)cc1[N+](=O)[O-]. The van der Waals surface area contributed by atoms with E-state index in [0.29, 0.717) is 17.7 Å². The number of nitrogens with zero attached hydrogens (tertiary/aromatic N) is 3. The number of benzene rings is 1. The molecule has 0 aliphatic carbocycles. The largest absolute Gasteiger partial charge is 0.310 e. The van der Waals surface area contributed by atoms with E-state index in [1.165, 1.54) is 6.20 Å². The Kier molecular flexibility index (Phi) is 3.93. The molecule has 0 atom stereocenters. The zero-order valence-electron chi connectivity index (χ0n) is 11.4. The summed E-state index contributed by atoms with van der Waals surface area (Å²) < 4.78 is 1.05. The Labute approximate surface area is 116 Å². The fourth-order valence-electron chi connectivity index (χ4n) is 1.90. The molecule has 104 valence electrons. The predicted octanol–water partition coefficient (Wildman–Crippen LogP) is 2.74. The van der Waals surface area contributed by atoms with Gasteiger partial charge in [0.15, 0.2) is 0 Å². The molecule has 2 rings (SSSR count). The van der Waals surface area contributed by atoms with Gasteiger partial charge in [0.2, 0.25) is 0 Å². The summed E-state index contributed by atoms with van der Waals surface area (Å²) in [5.41, 5.74) is 1.74. The van der Waals surface area contributed by atoms with Crippen LogP contribution in [0.15, 0.2) is 30.5 Å². The minimum atomic E-state index is -0.503. The summed E-state index contributed by atoms with van der Waals surface area (Å²) >= 11 is 0. The van der Waals surface area contributed by atoms with E-state index < -0.39 is 4.92 Å². The molecule has 0 bridgehead atoms. The number of aryl methyl sites for hydroxylation is 2. The highest BCUT2D eigenvalue weighted by molar-refractivity contribution is 5.95. The molecule has 20 heavy (non-hydrogen) atoms. The zero-order chi connectivity index (χ0) is 14.7. The molecule has 6 heteroatoms. The van der Waals surface area contributed by atoms with Crippen molar-refractivity contribution in [3.05, 3.63) is 57.4 Å². The van der Waals surface area contributed by atoms with Gasteiger partial charge in [-0.25, -0.2) is 0 Å². The van der Waals surface area contributed by atoms with Crippen LogP contribution < -0.4 is 0 Å². The Morgan fingerprint density at radius 2 is 2.00 bits per heavy atom. The van der Waals surface area contributed by atoms with Gasteiger partial charge in [0.25, 0.3) is 5.91 Å². The van der Waals surface area contributed by atoms with E-state index >= 15 is 0 Å². The first-order chi connectivity index (χ1) is 9.52. The van der Waals surface area contributed by atoms with E-state index in [4.69, 9.17) is 0 Å². The third-order valence-corrected chi connectivity index (χ3v) is 2.96. The smallest absolute Gasteiger partial charge is 0.267 e. The molecule has 0 aliphatic heterocycles. The first kappa shape index (κ1) is 13.9. The van der Waals surface area contributed by atoms with Gasteiger partial charge in [0.05, 0.1) is 4.92 Å². The van der Waals surface area contributed by atoms with Crippen molar-refractivity contribution in [2.45, 2.75) is 26.7 Å². The molecule has 0 amide bonds. The lowest BCUT2D eigenvalue weighted by Gasteiger charge is -2.00. The maximum Gasteiger partial charge on any atom is 0.310 e. The van der Waals surface area contributed by atoms with Crippen LogP contribution in [-0.2, 0) is 6.42 Å². The van der Waals surface area contributed by atoms with Crippen LogP contribution in [0.1, 0.15) is 35.0 Å². The normalized spacial score (nSPS) is 10.5. The molecule has 0 unspecified atom stereocenters. The summed E-state index contributed by atoms with van der Waals surface area (Å²) in [5, 5.41) is 15.0. The highest BCUT2D eigenvalue weighted by atomic mass is 16.6. The molecular formula is C14H15N3O3. The number of carbonyl (C=O) groups excluding carboxylic acids is 1. The lowest BCUT2D eigenvalue weighted by molar-refractivity contribution is -0.385. The van der Waals surface area contributed by atoms with Crippen molar-refractivity contribution in [1.82, 2.24) is 9.78 Å². The monoisotopic (exact) mass is 273 g/mol. The zero-order valence-corrected chi connectivity index (χ0v) is 11.4. The third kappa shape index (κ3) is 2.74. The average molecular weight is 273 g/mol. The highest BCUT2D eigenvalue weighted by Gasteiger charge is 2.21. The standard InChI is InChI=1S/C14H15N3O3/c1-3-4-12-13(17(19)20)9-16(15-12)14(18)11-7-5-10(2)6-8-11/h5-9H,3-4H2,1-2H3. The van der Waals surface area contributed by atoms with E-state index in [9.17, 15) is 14.9 Å². The van der Waals surface area contributed by atoms with Crippen LogP contribution in [0.25, 0.3) is 0 Å². The summed E-state index contributed by atoms with van der Waals surface area (Å²) in [6.45, 7) is 3.83. The van der Waals surface area contributed by atoms with Crippen LogP contribution in [0.2, 0.25) is 0 Å². The van der Waals surface area contributed by atoms with Crippen LogP contribution in [-0.4, -0.2) is 20.6 Å². The molecule has 1 heterocycles. The average Bonchev–Trinajstić information content (AvgIpc) is 2.83. The Bertz CT molecular complexity index is 644. The quantitative estimate of drug-likeness (QED) is 0.633. The molecule has 2 aromatic rings. The van der Waals surface area contributed by atoms with Gasteiger partial charge in [-0.05, 0) is 25.5 Å². The van der Waals surface area contributed by atoms with Crippen LogP contribution in [0.4, 0.5) is 5.69 Å². The fraction of sp³-hybridized carbons (Fsp3) is 0.286. The van der Waals surface area contributed by atoms with Gasteiger partial charge in [-0.1, -0.05) is 31.0 Å². The molecular weight excluding hydrogens is 258 g/mol. The Hall–Kier alpha value is -2.50. The summed E-state index contributed by atoms with van der Waals surface area (Å²) in [4.78, 5) is 22.7. The lowest BCUT2D eigenvalue weighted by Crippen LogP contribution is -2.12. The molecule has 6 nitrogen and oxygen atoms in total. The number of carbonyl (C=O) groups is 1. The minimum Gasteiger partial charge on any atom is -0.267 e. The van der Waals surface area contributed by atoms with Crippen molar-refractivity contribution in [3.63, 3.8) is 0 Å². The number of hydrogen-bond acceptors (Lipinski definition) is 4. The molecule has 0 N–H and O–H groups in total. The molecule has 0 saturated heterocycles. The second kappa shape index (κ2) is 5.64. The molecule has 0 radical (unpaired) electrons. The van der Waals surface area contributed by atoms with Crippen molar-refractivity contribution in [3.8, 4) is 0 Å². The van der Waals surface area contributed by atoms with Gasteiger partial charge < -0.3 is 0 Å².